The van der Waals surface area contributed by atoms with E-state index in [1.807, 2.05) is 36.4 Å². The van der Waals surface area contributed by atoms with Crippen molar-refractivity contribution in [2.75, 3.05) is 18.6 Å². The molecule has 1 aliphatic heterocycles. The summed E-state index contributed by atoms with van der Waals surface area (Å²) >= 11 is 1.56. The van der Waals surface area contributed by atoms with E-state index in [0.717, 1.165) is 27.8 Å². The van der Waals surface area contributed by atoms with Crippen molar-refractivity contribution in [2.45, 2.75) is 24.8 Å². The molecule has 1 fully saturated rings. The SMILES string of the molecule is COc1ccc2cc([C@H](C)C(=O)NC3(C(=O)O)CCSC3)ccc2c1. The van der Waals surface area contributed by atoms with Crippen LogP contribution in [0, 0.1) is 0 Å². The maximum absolute atomic E-state index is 12.6. The van der Waals surface area contributed by atoms with Gasteiger partial charge in [-0.15, -0.1) is 0 Å². The van der Waals surface area contributed by atoms with Crippen LogP contribution in [0.25, 0.3) is 10.8 Å². The zero-order valence-corrected chi connectivity index (χ0v) is 15.1. The number of amides is 1. The Morgan fingerprint density at radius 2 is 1.96 bits per heavy atom. The molecule has 0 spiro atoms. The zero-order chi connectivity index (χ0) is 18.0. The summed E-state index contributed by atoms with van der Waals surface area (Å²) in [5.41, 5.74) is -0.276. The lowest BCUT2D eigenvalue weighted by Gasteiger charge is -2.26. The van der Waals surface area contributed by atoms with Gasteiger partial charge in [0.05, 0.1) is 13.0 Å². The highest BCUT2D eigenvalue weighted by atomic mass is 32.2. The van der Waals surface area contributed by atoms with E-state index >= 15 is 0 Å². The van der Waals surface area contributed by atoms with E-state index < -0.39 is 17.4 Å². The molecule has 0 aliphatic carbocycles. The first-order valence-corrected chi connectivity index (χ1v) is 9.31. The van der Waals surface area contributed by atoms with Crippen molar-refractivity contribution in [3.8, 4) is 5.75 Å². The summed E-state index contributed by atoms with van der Waals surface area (Å²) in [6, 6.07) is 11.6. The predicted molar refractivity (Wildman–Crippen MR) is 99.4 cm³/mol. The van der Waals surface area contributed by atoms with E-state index in [1.165, 1.54) is 0 Å². The average molecular weight is 359 g/mol. The lowest BCUT2D eigenvalue weighted by atomic mass is 9.94. The number of thioether (sulfide) groups is 1. The maximum Gasteiger partial charge on any atom is 0.330 e. The number of carbonyl (C=O) groups is 2. The predicted octanol–water partition coefficient (Wildman–Crippen LogP) is 3.03. The fourth-order valence-electron chi connectivity index (χ4n) is 3.02. The van der Waals surface area contributed by atoms with Gasteiger partial charge in [-0.25, -0.2) is 4.79 Å². The number of benzene rings is 2. The minimum Gasteiger partial charge on any atom is -0.497 e. The second kappa shape index (κ2) is 6.96. The molecule has 1 aliphatic rings. The van der Waals surface area contributed by atoms with Crippen LogP contribution in [0.5, 0.6) is 5.75 Å². The molecular weight excluding hydrogens is 338 g/mol. The molecule has 2 aromatic rings. The molecule has 0 aromatic heterocycles. The summed E-state index contributed by atoms with van der Waals surface area (Å²) < 4.78 is 5.22. The van der Waals surface area contributed by atoms with Crippen LogP contribution in [0.15, 0.2) is 36.4 Å². The third kappa shape index (κ3) is 3.44. The van der Waals surface area contributed by atoms with Gasteiger partial charge >= 0.3 is 5.97 Å². The van der Waals surface area contributed by atoms with Gasteiger partial charge < -0.3 is 15.2 Å². The van der Waals surface area contributed by atoms with Gasteiger partial charge in [-0.05, 0) is 47.6 Å². The van der Waals surface area contributed by atoms with E-state index in [2.05, 4.69) is 5.32 Å². The molecule has 5 nitrogen and oxygen atoms in total. The summed E-state index contributed by atoms with van der Waals surface area (Å²) in [6.07, 6.45) is 0.461. The van der Waals surface area contributed by atoms with Gasteiger partial charge in [-0.3, -0.25) is 4.79 Å². The number of hydrogen-bond acceptors (Lipinski definition) is 4. The number of hydrogen-bond donors (Lipinski definition) is 2. The first-order chi connectivity index (χ1) is 11.9. The number of rotatable bonds is 5. The molecule has 0 saturated carbocycles. The first kappa shape index (κ1) is 17.6. The van der Waals surface area contributed by atoms with Gasteiger partial charge in [0.15, 0.2) is 0 Å². The van der Waals surface area contributed by atoms with E-state index in [0.29, 0.717) is 12.2 Å². The lowest BCUT2D eigenvalue weighted by Crippen LogP contribution is -2.55. The molecule has 2 aromatic carbocycles. The summed E-state index contributed by atoms with van der Waals surface area (Å²) in [7, 11) is 1.63. The Kier molecular flexibility index (Phi) is 4.90. The minimum atomic E-state index is -1.14. The van der Waals surface area contributed by atoms with E-state index in [-0.39, 0.29) is 5.91 Å². The molecule has 1 saturated heterocycles. The van der Waals surface area contributed by atoms with Crippen LogP contribution in [0.1, 0.15) is 24.8 Å². The van der Waals surface area contributed by atoms with Crippen LogP contribution >= 0.6 is 11.8 Å². The Bertz CT molecular complexity index is 814. The van der Waals surface area contributed by atoms with Crippen LogP contribution in [0.4, 0.5) is 0 Å². The fraction of sp³-hybridized carbons (Fsp3) is 0.368. The quantitative estimate of drug-likeness (QED) is 0.858. The van der Waals surface area contributed by atoms with Gasteiger partial charge in [0, 0.05) is 5.75 Å². The van der Waals surface area contributed by atoms with E-state index in [1.54, 1.807) is 25.8 Å². The number of ether oxygens (including phenoxy) is 1. The van der Waals surface area contributed by atoms with E-state index in [9.17, 15) is 14.7 Å². The molecular formula is C19H21NO4S. The molecule has 6 heteroatoms. The van der Waals surface area contributed by atoms with Crippen LogP contribution in [-0.4, -0.2) is 41.1 Å². The second-order valence-corrected chi connectivity index (χ2v) is 7.48. The second-order valence-electron chi connectivity index (χ2n) is 6.37. The highest BCUT2D eigenvalue weighted by molar-refractivity contribution is 7.99. The molecule has 1 unspecified atom stereocenters. The average Bonchev–Trinajstić information content (AvgIpc) is 3.10. The smallest absolute Gasteiger partial charge is 0.330 e. The number of carbonyl (C=O) groups excluding carboxylic acids is 1. The number of fused-ring (bicyclic) bond motifs is 1. The van der Waals surface area contributed by atoms with Crippen LogP contribution in [-0.2, 0) is 9.59 Å². The molecule has 3 rings (SSSR count). The fourth-order valence-corrected chi connectivity index (χ4v) is 4.35. The molecule has 2 atom stereocenters. The summed E-state index contributed by atoms with van der Waals surface area (Å²) in [5, 5.41) is 14.3. The van der Waals surface area contributed by atoms with Gasteiger partial charge in [-0.2, -0.15) is 11.8 Å². The van der Waals surface area contributed by atoms with Crippen molar-refractivity contribution in [3.63, 3.8) is 0 Å². The topological polar surface area (TPSA) is 75.6 Å². The molecule has 25 heavy (non-hydrogen) atoms. The lowest BCUT2D eigenvalue weighted by molar-refractivity contribution is -0.146. The standard InChI is InChI=1S/C19H21NO4S/c1-12(17(21)20-19(18(22)23)7-8-25-11-19)13-3-4-15-10-16(24-2)6-5-14(15)9-13/h3-6,9-10,12H,7-8,11H2,1-2H3,(H,20,21)(H,22,23)/t12-,19?/m0/s1. The molecule has 0 radical (unpaired) electrons. The number of carboxylic acid groups (broad SMARTS) is 1. The van der Waals surface area contributed by atoms with Crippen LogP contribution in [0.3, 0.4) is 0 Å². The normalized spacial score (nSPS) is 21.0. The van der Waals surface area contributed by atoms with Gasteiger partial charge in [0.1, 0.15) is 11.3 Å². The van der Waals surface area contributed by atoms with Gasteiger partial charge in [-0.1, -0.05) is 24.3 Å². The number of aliphatic carboxylic acids is 1. The van der Waals surface area contributed by atoms with Crippen molar-refractivity contribution in [2.24, 2.45) is 0 Å². The highest BCUT2D eigenvalue weighted by Crippen LogP contribution is 2.30. The third-order valence-electron chi connectivity index (χ3n) is 4.76. The number of methoxy groups -OCH3 is 1. The van der Waals surface area contributed by atoms with Crippen molar-refractivity contribution < 1.29 is 19.4 Å². The van der Waals surface area contributed by atoms with Crippen LogP contribution < -0.4 is 10.1 Å². The van der Waals surface area contributed by atoms with Crippen molar-refractivity contribution in [1.82, 2.24) is 5.32 Å². The molecule has 132 valence electrons. The molecule has 2 N–H and O–H groups in total. The Morgan fingerprint density at radius 3 is 2.60 bits per heavy atom. The Labute approximate surface area is 150 Å². The van der Waals surface area contributed by atoms with Gasteiger partial charge in [0.2, 0.25) is 5.91 Å². The Morgan fingerprint density at radius 1 is 1.24 bits per heavy atom. The summed E-state index contributed by atoms with van der Waals surface area (Å²) in [6.45, 7) is 1.80. The third-order valence-corrected chi connectivity index (χ3v) is 5.95. The number of nitrogens with one attached hydrogen (secondary N) is 1. The molecule has 0 bridgehead atoms. The van der Waals surface area contributed by atoms with Crippen molar-refractivity contribution in [1.29, 1.82) is 0 Å². The van der Waals surface area contributed by atoms with Crippen LogP contribution in [0.2, 0.25) is 0 Å². The summed E-state index contributed by atoms with van der Waals surface area (Å²) in [4.78, 5) is 24.3. The zero-order valence-electron chi connectivity index (χ0n) is 14.2. The first-order valence-electron chi connectivity index (χ1n) is 8.16. The monoisotopic (exact) mass is 359 g/mol. The molecule has 1 heterocycles. The van der Waals surface area contributed by atoms with E-state index in [4.69, 9.17) is 4.74 Å². The largest absolute Gasteiger partial charge is 0.497 e. The van der Waals surface area contributed by atoms with Crippen molar-refractivity contribution >= 4 is 34.4 Å². The maximum atomic E-state index is 12.6. The number of carboxylic acids is 1. The Hall–Kier alpha value is -2.21. The molecule has 1 amide bonds. The van der Waals surface area contributed by atoms with Gasteiger partial charge in [0.25, 0.3) is 0 Å². The Balaban J connectivity index is 1.82. The minimum absolute atomic E-state index is 0.252. The van der Waals surface area contributed by atoms with Crippen molar-refractivity contribution in [3.05, 3.63) is 42.0 Å². The highest BCUT2D eigenvalue weighted by Gasteiger charge is 2.43. The summed E-state index contributed by atoms with van der Waals surface area (Å²) in [5.74, 6) is 0.319.